The summed E-state index contributed by atoms with van der Waals surface area (Å²) < 4.78 is 13.0. The molecule has 0 aliphatic carbocycles. The van der Waals surface area contributed by atoms with E-state index < -0.39 is 0 Å². The number of rotatable bonds is 2. The highest BCUT2D eigenvalue weighted by atomic mass is 19.1. The van der Waals surface area contributed by atoms with Crippen LogP contribution in [0.25, 0.3) is 0 Å². The van der Waals surface area contributed by atoms with E-state index in [1.54, 1.807) is 6.07 Å². The Morgan fingerprint density at radius 1 is 1.42 bits per heavy atom. The van der Waals surface area contributed by atoms with Crippen molar-refractivity contribution in [2.75, 3.05) is 5.73 Å². The third kappa shape index (κ3) is 1.76. The highest BCUT2D eigenvalue weighted by Gasteiger charge is 2.03. The third-order valence-electron chi connectivity index (χ3n) is 1.97. The minimum absolute atomic E-state index is 0.243. The number of benzene rings is 1. The van der Waals surface area contributed by atoms with Gasteiger partial charge in [0.2, 0.25) is 0 Å². The van der Waals surface area contributed by atoms with Gasteiger partial charge in [-0.2, -0.15) is 0 Å². The number of aryl methyl sites for hydroxylation is 2. The second-order valence-electron chi connectivity index (χ2n) is 3.05. The van der Waals surface area contributed by atoms with Gasteiger partial charge in [-0.3, -0.25) is 0 Å². The van der Waals surface area contributed by atoms with Crippen molar-refractivity contribution < 1.29 is 4.39 Å². The van der Waals surface area contributed by atoms with Crippen LogP contribution in [0.3, 0.4) is 0 Å². The van der Waals surface area contributed by atoms with Crippen molar-refractivity contribution in [3.8, 4) is 0 Å². The first-order chi connectivity index (χ1) is 5.65. The zero-order valence-corrected chi connectivity index (χ0v) is 7.52. The lowest BCUT2D eigenvalue weighted by molar-refractivity contribution is 0.629. The minimum atomic E-state index is -0.302. The van der Waals surface area contributed by atoms with E-state index in [4.69, 9.17) is 5.73 Å². The second kappa shape index (κ2) is 3.57. The van der Waals surface area contributed by atoms with Gasteiger partial charge in [-0.15, -0.1) is 0 Å². The van der Waals surface area contributed by atoms with Crippen LogP contribution >= 0.6 is 0 Å². The molecule has 66 valence electrons. The number of halogens is 1. The Labute approximate surface area is 72.4 Å². The predicted octanol–water partition coefficient (Wildman–Crippen LogP) is 2.67. The van der Waals surface area contributed by atoms with Crippen LogP contribution in [-0.4, -0.2) is 0 Å². The van der Waals surface area contributed by atoms with Crippen molar-refractivity contribution in [3.63, 3.8) is 0 Å². The summed E-state index contributed by atoms with van der Waals surface area (Å²) in [5, 5.41) is 0. The molecule has 0 heterocycles. The molecule has 1 aromatic rings. The first-order valence-corrected chi connectivity index (χ1v) is 4.19. The van der Waals surface area contributed by atoms with E-state index in [9.17, 15) is 4.39 Å². The molecule has 0 atom stereocenters. The number of nitrogens with two attached hydrogens (primary N) is 1. The van der Waals surface area contributed by atoms with Crippen molar-refractivity contribution >= 4 is 5.69 Å². The number of hydrogen-bond acceptors (Lipinski definition) is 1. The molecular weight excluding hydrogens is 153 g/mol. The Balaban J connectivity index is 3.05. The van der Waals surface area contributed by atoms with Crippen molar-refractivity contribution in [3.05, 3.63) is 29.1 Å². The Bertz CT molecular complexity index is 281. The van der Waals surface area contributed by atoms with Gasteiger partial charge in [-0.25, -0.2) is 4.39 Å². The van der Waals surface area contributed by atoms with E-state index in [2.05, 4.69) is 6.92 Å². The topological polar surface area (TPSA) is 26.0 Å². The molecule has 0 radical (unpaired) electrons. The fourth-order valence-corrected chi connectivity index (χ4v) is 1.28. The van der Waals surface area contributed by atoms with Crippen molar-refractivity contribution in [1.82, 2.24) is 0 Å². The van der Waals surface area contributed by atoms with Gasteiger partial charge in [-0.1, -0.05) is 13.3 Å². The Morgan fingerprint density at radius 2 is 2.08 bits per heavy atom. The van der Waals surface area contributed by atoms with Gasteiger partial charge < -0.3 is 5.73 Å². The quantitative estimate of drug-likeness (QED) is 0.673. The van der Waals surface area contributed by atoms with E-state index >= 15 is 0 Å². The lowest BCUT2D eigenvalue weighted by atomic mass is 10.0. The number of nitrogen functional groups attached to an aromatic ring is 1. The predicted molar refractivity (Wildman–Crippen MR) is 49.5 cm³/mol. The van der Waals surface area contributed by atoms with Crippen LogP contribution in [0.15, 0.2) is 12.1 Å². The summed E-state index contributed by atoms with van der Waals surface area (Å²) in [6, 6.07) is 3.23. The van der Waals surface area contributed by atoms with Crippen molar-refractivity contribution in [1.29, 1.82) is 0 Å². The van der Waals surface area contributed by atoms with E-state index in [0.717, 1.165) is 24.0 Å². The summed E-state index contributed by atoms with van der Waals surface area (Å²) in [7, 11) is 0. The molecule has 0 aliphatic heterocycles. The monoisotopic (exact) mass is 167 g/mol. The summed E-state index contributed by atoms with van der Waals surface area (Å²) >= 11 is 0. The Kier molecular flexibility index (Phi) is 2.69. The van der Waals surface area contributed by atoms with Gasteiger partial charge in [0, 0.05) is 0 Å². The SMILES string of the molecule is CCCc1cc(F)c(N)cc1C. The smallest absolute Gasteiger partial charge is 0.146 e. The zero-order valence-electron chi connectivity index (χ0n) is 7.52. The molecule has 0 spiro atoms. The van der Waals surface area contributed by atoms with E-state index in [0.29, 0.717) is 0 Å². The average molecular weight is 167 g/mol. The largest absolute Gasteiger partial charge is 0.396 e. The van der Waals surface area contributed by atoms with Crippen LogP contribution in [0, 0.1) is 12.7 Å². The molecule has 1 rings (SSSR count). The Morgan fingerprint density at radius 3 is 2.67 bits per heavy atom. The maximum absolute atomic E-state index is 13.0. The molecule has 0 bridgehead atoms. The van der Waals surface area contributed by atoms with Gasteiger partial charge in [0.1, 0.15) is 5.82 Å². The molecule has 2 heteroatoms. The fourth-order valence-electron chi connectivity index (χ4n) is 1.28. The molecular formula is C10H14FN. The summed E-state index contributed by atoms with van der Waals surface area (Å²) in [4.78, 5) is 0. The molecule has 1 aromatic carbocycles. The van der Waals surface area contributed by atoms with Gasteiger partial charge in [0.05, 0.1) is 5.69 Å². The summed E-state index contributed by atoms with van der Waals surface area (Å²) in [6.07, 6.45) is 1.95. The van der Waals surface area contributed by atoms with Gasteiger partial charge in [0.15, 0.2) is 0 Å². The first kappa shape index (κ1) is 9.04. The highest BCUT2D eigenvalue weighted by Crippen LogP contribution is 2.18. The molecule has 0 aliphatic rings. The molecule has 0 unspecified atom stereocenters. The second-order valence-corrected chi connectivity index (χ2v) is 3.05. The summed E-state index contributed by atoms with van der Waals surface area (Å²) in [5.74, 6) is -0.302. The fraction of sp³-hybridized carbons (Fsp3) is 0.400. The van der Waals surface area contributed by atoms with Gasteiger partial charge in [0.25, 0.3) is 0 Å². The molecule has 0 amide bonds. The minimum Gasteiger partial charge on any atom is -0.396 e. The summed E-state index contributed by atoms with van der Waals surface area (Å²) in [6.45, 7) is 4.04. The molecule has 0 saturated carbocycles. The van der Waals surface area contributed by atoms with Gasteiger partial charge >= 0.3 is 0 Å². The highest BCUT2D eigenvalue weighted by molar-refractivity contribution is 5.45. The van der Waals surface area contributed by atoms with E-state index in [-0.39, 0.29) is 11.5 Å². The maximum atomic E-state index is 13.0. The van der Waals surface area contributed by atoms with Crippen LogP contribution in [0.4, 0.5) is 10.1 Å². The number of anilines is 1. The zero-order chi connectivity index (χ0) is 9.14. The normalized spacial score (nSPS) is 10.2. The van der Waals surface area contributed by atoms with Crippen LogP contribution in [0.5, 0.6) is 0 Å². The van der Waals surface area contributed by atoms with Crippen molar-refractivity contribution in [2.45, 2.75) is 26.7 Å². The first-order valence-electron chi connectivity index (χ1n) is 4.19. The lowest BCUT2D eigenvalue weighted by Crippen LogP contribution is -1.96. The van der Waals surface area contributed by atoms with Crippen LogP contribution in [0.2, 0.25) is 0 Å². The third-order valence-corrected chi connectivity index (χ3v) is 1.97. The molecule has 0 fully saturated rings. The number of hydrogen-bond donors (Lipinski definition) is 1. The average Bonchev–Trinajstić information content (AvgIpc) is 2.01. The lowest BCUT2D eigenvalue weighted by Gasteiger charge is -2.05. The maximum Gasteiger partial charge on any atom is 0.146 e. The van der Waals surface area contributed by atoms with Crippen molar-refractivity contribution in [2.24, 2.45) is 0 Å². The Hall–Kier alpha value is -1.05. The molecule has 12 heavy (non-hydrogen) atoms. The van der Waals surface area contributed by atoms with Gasteiger partial charge in [-0.05, 0) is 36.6 Å². The van der Waals surface area contributed by atoms with E-state index in [1.807, 2.05) is 6.92 Å². The standard InChI is InChI=1S/C10H14FN/c1-3-4-8-6-9(11)10(12)5-7(8)2/h5-6H,3-4,12H2,1-2H3. The molecule has 2 N–H and O–H groups in total. The molecule has 0 saturated heterocycles. The summed E-state index contributed by atoms with van der Waals surface area (Å²) in [5.41, 5.74) is 7.79. The molecule has 0 aromatic heterocycles. The van der Waals surface area contributed by atoms with Crippen LogP contribution in [0.1, 0.15) is 24.5 Å². The van der Waals surface area contributed by atoms with E-state index in [1.165, 1.54) is 6.07 Å². The van der Waals surface area contributed by atoms with Crippen LogP contribution in [-0.2, 0) is 6.42 Å². The molecule has 1 nitrogen and oxygen atoms in total. The van der Waals surface area contributed by atoms with Crippen LogP contribution < -0.4 is 5.73 Å².